The second-order valence-electron chi connectivity index (χ2n) is 6.05. The molecule has 29 heavy (non-hydrogen) atoms. The molecule has 0 radical (unpaired) electrons. The van der Waals surface area contributed by atoms with Crippen LogP contribution in [0.4, 0.5) is 33.5 Å². The van der Waals surface area contributed by atoms with E-state index in [1.54, 1.807) is 12.1 Å². The lowest BCUT2D eigenvalue weighted by molar-refractivity contribution is -0.140. The van der Waals surface area contributed by atoms with Gasteiger partial charge in [-0.25, -0.2) is 8.78 Å². The van der Waals surface area contributed by atoms with Gasteiger partial charge in [0.1, 0.15) is 23.3 Å². The molecule has 0 saturated carbocycles. The van der Waals surface area contributed by atoms with Crippen molar-refractivity contribution in [1.29, 1.82) is 0 Å². The third-order valence-electron chi connectivity index (χ3n) is 3.93. The Balaban J connectivity index is 1.99. The molecule has 0 spiro atoms. The molecule has 0 aliphatic rings. The number of aryl methyl sites for hydroxylation is 1. The second-order valence-corrected chi connectivity index (χ2v) is 6.97. The van der Waals surface area contributed by atoms with E-state index < -0.39 is 23.5 Å². The Hall–Kier alpha value is -2.88. The molecule has 0 aliphatic heterocycles. The summed E-state index contributed by atoms with van der Waals surface area (Å²) >= 11 is 3.24. The summed E-state index contributed by atoms with van der Waals surface area (Å²) in [5, 5.41) is 8.86. The Labute approximate surface area is 171 Å². The van der Waals surface area contributed by atoms with Gasteiger partial charge in [-0.1, -0.05) is 34.6 Å². The Kier molecular flexibility index (Phi) is 5.65. The van der Waals surface area contributed by atoms with Gasteiger partial charge < -0.3 is 10.6 Å². The number of hydrogen-bond donors (Lipinski definition) is 2. The predicted molar refractivity (Wildman–Crippen MR) is 104 cm³/mol. The van der Waals surface area contributed by atoms with Crippen LogP contribution in [0.3, 0.4) is 0 Å². The number of nitrogens with one attached hydrogen (secondary N) is 2. The van der Waals surface area contributed by atoms with E-state index in [9.17, 15) is 22.0 Å². The fourth-order valence-corrected chi connectivity index (χ4v) is 2.95. The van der Waals surface area contributed by atoms with Crippen LogP contribution in [-0.4, -0.2) is 9.78 Å². The summed E-state index contributed by atoms with van der Waals surface area (Å²) in [6, 6.07) is 9.10. The Morgan fingerprint density at radius 1 is 1.07 bits per heavy atom. The summed E-state index contributed by atoms with van der Waals surface area (Å²) in [6.45, 7) is 3.66. The number of benzene rings is 2. The normalized spacial score (nSPS) is 11.4. The third kappa shape index (κ3) is 4.58. The van der Waals surface area contributed by atoms with Crippen LogP contribution in [0.1, 0.15) is 5.69 Å². The first kappa shape index (κ1) is 20.8. The molecule has 2 aromatic carbocycles. The molecule has 1 heterocycles. The minimum absolute atomic E-state index is 0.000308. The molecule has 2 N–H and O–H groups in total. The average molecular weight is 473 g/mol. The Bertz CT molecular complexity index is 1060. The molecular formula is C19H14BrF5N4. The first-order valence-electron chi connectivity index (χ1n) is 8.14. The van der Waals surface area contributed by atoms with Crippen LogP contribution in [0.25, 0.3) is 11.1 Å². The standard InChI is InChI=1S/C19H14BrF5N4/c1-10(26-15-8-7-13(21)9-14(15)22)27-18-16(11-3-5-12(20)6-4-11)17(19(23,24)25)28-29(18)2/h3-9,26-27H,1H2,2H3. The molecule has 152 valence electrons. The zero-order valence-corrected chi connectivity index (χ0v) is 16.5. The lowest BCUT2D eigenvalue weighted by Gasteiger charge is -2.15. The monoisotopic (exact) mass is 472 g/mol. The van der Waals surface area contributed by atoms with Gasteiger partial charge in [-0.15, -0.1) is 0 Å². The van der Waals surface area contributed by atoms with Crippen molar-refractivity contribution < 1.29 is 22.0 Å². The Morgan fingerprint density at radius 3 is 2.31 bits per heavy atom. The minimum atomic E-state index is -4.70. The fourth-order valence-electron chi connectivity index (χ4n) is 2.68. The summed E-state index contributed by atoms with van der Waals surface area (Å²) in [5.74, 6) is -1.65. The van der Waals surface area contributed by atoms with Crippen LogP contribution in [0.5, 0.6) is 0 Å². The van der Waals surface area contributed by atoms with E-state index in [0.29, 0.717) is 10.5 Å². The van der Waals surface area contributed by atoms with Gasteiger partial charge in [0, 0.05) is 17.6 Å². The van der Waals surface area contributed by atoms with Crippen LogP contribution in [-0.2, 0) is 13.2 Å². The highest BCUT2D eigenvalue weighted by atomic mass is 79.9. The molecule has 0 atom stereocenters. The third-order valence-corrected chi connectivity index (χ3v) is 4.46. The smallest absolute Gasteiger partial charge is 0.340 e. The van der Waals surface area contributed by atoms with Gasteiger partial charge in [0.2, 0.25) is 0 Å². The SMILES string of the molecule is C=C(Nc1ccc(F)cc1F)Nc1c(-c2ccc(Br)cc2)c(C(F)(F)F)nn1C. The van der Waals surface area contributed by atoms with Crippen molar-refractivity contribution in [2.75, 3.05) is 10.6 Å². The van der Waals surface area contributed by atoms with Crippen LogP contribution >= 0.6 is 15.9 Å². The first-order chi connectivity index (χ1) is 13.6. The van der Waals surface area contributed by atoms with Gasteiger partial charge in [0.25, 0.3) is 0 Å². The van der Waals surface area contributed by atoms with Crippen molar-refractivity contribution in [3.8, 4) is 11.1 Å². The summed E-state index contributed by atoms with van der Waals surface area (Å²) in [7, 11) is 1.34. The van der Waals surface area contributed by atoms with Crippen LogP contribution < -0.4 is 10.6 Å². The molecule has 0 fully saturated rings. The minimum Gasteiger partial charge on any atom is -0.340 e. The van der Waals surface area contributed by atoms with Gasteiger partial charge >= 0.3 is 6.18 Å². The van der Waals surface area contributed by atoms with Crippen molar-refractivity contribution in [3.05, 3.63) is 76.7 Å². The van der Waals surface area contributed by atoms with Gasteiger partial charge in [0.15, 0.2) is 5.69 Å². The fraction of sp³-hybridized carbons (Fsp3) is 0.105. The molecule has 1 aromatic heterocycles. The van der Waals surface area contributed by atoms with Crippen LogP contribution in [0, 0.1) is 11.6 Å². The summed E-state index contributed by atoms with van der Waals surface area (Å²) < 4.78 is 69.2. The van der Waals surface area contributed by atoms with Crippen molar-refractivity contribution >= 4 is 27.4 Å². The van der Waals surface area contributed by atoms with Gasteiger partial charge in [0.05, 0.1) is 11.3 Å². The van der Waals surface area contributed by atoms with E-state index in [1.165, 1.54) is 19.2 Å². The lowest BCUT2D eigenvalue weighted by Crippen LogP contribution is -2.12. The van der Waals surface area contributed by atoms with E-state index in [-0.39, 0.29) is 28.5 Å². The molecule has 10 heteroatoms. The van der Waals surface area contributed by atoms with Crippen molar-refractivity contribution in [2.45, 2.75) is 6.18 Å². The van der Waals surface area contributed by atoms with Crippen molar-refractivity contribution in [2.24, 2.45) is 7.05 Å². The molecule has 0 amide bonds. The highest BCUT2D eigenvalue weighted by molar-refractivity contribution is 9.10. The number of nitrogens with zero attached hydrogens (tertiary/aromatic N) is 2. The quantitative estimate of drug-likeness (QED) is 0.438. The van der Waals surface area contributed by atoms with Crippen LogP contribution in [0.2, 0.25) is 0 Å². The van der Waals surface area contributed by atoms with Gasteiger partial charge in [-0.05, 0) is 29.8 Å². The molecule has 0 unspecified atom stereocenters. The van der Waals surface area contributed by atoms with E-state index in [2.05, 4.69) is 38.2 Å². The average Bonchev–Trinajstić information content (AvgIpc) is 2.95. The Morgan fingerprint density at radius 2 is 1.72 bits per heavy atom. The number of aromatic nitrogens is 2. The van der Waals surface area contributed by atoms with E-state index >= 15 is 0 Å². The molecular weight excluding hydrogens is 459 g/mol. The summed E-state index contributed by atoms with van der Waals surface area (Å²) in [4.78, 5) is 0. The lowest BCUT2D eigenvalue weighted by atomic mass is 10.1. The highest BCUT2D eigenvalue weighted by Gasteiger charge is 2.39. The predicted octanol–water partition coefficient (Wildman–Crippen LogP) is 6.14. The maximum absolute atomic E-state index is 13.8. The van der Waals surface area contributed by atoms with Crippen molar-refractivity contribution in [3.63, 3.8) is 0 Å². The zero-order chi connectivity index (χ0) is 21.3. The van der Waals surface area contributed by atoms with Gasteiger partial charge in [-0.2, -0.15) is 18.3 Å². The number of halogens is 6. The second kappa shape index (κ2) is 7.86. The summed E-state index contributed by atoms with van der Waals surface area (Å²) in [6.07, 6.45) is -4.70. The molecule has 4 nitrogen and oxygen atoms in total. The molecule has 3 rings (SSSR count). The maximum Gasteiger partial charge on any atom is 0.435 e. The van der Waals surface area contributed by atoms with Crippen molar-refractivity contribution in [1.82, 2.24) is 9.78 Å². The first-order valence-corrected chi connectivity index (χ1v) is 8.93. The maximum atomic E-state index is 13.8. The number of anilines is 2. The van der Waals surface area contributed by atoms with E-state index in [1.807, 2.05) is 0 Å². The number of alkyl halides is 3. The highest BCUT2D eigenvalue weighted by Crippen LogP contribution is 2.41. The molecule has 0 aliphatic carbocycles. The molecule has 3 aromatic rings. The van der Waals surface area contributed by atoms with Gasteiger partial charge in [-0.3, -0.25) is 4.68 Å². The topological polar surface area (TPSA) is 41.9 Å². The summed E-state index contributed by atoms with van der Waals surface area (Å²) in [5.41, 5.74) is -1.08. The van der Waals surface area contributed by atoms with E-state index in [0.717, 1.165) is 16.8 Å². The number of rotatable bonds is 5. The molecule has 0 bridgehead atoms. The van der Waals surface area contributed by atoms with E-state index in [4.69, 9.17) is 0 Å². The van der Waals surface area contributed by atoms with Crippen LogP contribution in [0.15, 0.2) is 59.3 Å². The number of hydrogen-bond acceptors (Lipinski definition) is 3. The largest absolute Gasteiger partial charge is 0.435 e. The zero-order valence-electron chi connectivity index (χ0n) is 14.9. The molecule has 0 saturated heterocycles.